The number of hydrogen-bond acceptors (Lipinski definition) is 0. The van der Waals surface area contributed by atoms with Crippen LogP contribution in [0.5, 0.6) is 0 Å². The van der Waals surface area contributed by atoms with Crippen molar-refractivity contribution >= 4 is 0 Å². The number of rotatable bonds is 2. The summed E-state index contributed by atoms with van der Waals surface area (Å²) >= 11 is 0. The van der Waals surface area contributed by atoms with E-state index in [-0.39, 0.29) is 0 Å². The maximum atomic E-state index is 11.8. The van der Waals surface area contributed by atoms with E-state index in [1.54, 1.807) is 0 Å². The predicted octanol–water partition coefficient (Wildman–Crippen LogP) is 2.61. The molecule has 0 rings (SSSR count). The van der Waals surface area contributed by atoms with Crippen molar-refractivity contribution in [3.8, 4) is 0 Å². The van der Waals surface area contributed by atoms with Crippen molar-refractivity contribution in [1.82, 2.24) is 0 Å². The molecule has 0 spiro atoms. The Morgan fingerprint density at radius 3 is 2.12 bits per heavy atom. The fraction of sp³-hybridized carbons (Fsp3) is 0.667. The van der Waals surface area contributed by atoms with Crippen molar-refractivity contribution in [2.45, 2.75) is 26.2 Å². The van der Waals surface area contributed by atoms with Gasteiger partial charge in [0.15, 0.2) is 0 Å². The number of halogens is 2. The van der Waals surface area contributed by atoms with Gasteiger partial charge in [-0.3, -0.25) is 0 Å². The van der Waals surface area contributed by atoms with E-state index in [4.69, 9.17) is 0 Å². The molecule has 0 saturated heterocycles. The van der Waals surface area contributed by atoms with Crippen LogP contribution in [0.25, 0.3) is 0 Å². The van der Waals surface area contributed by atoms with Crippen molar-refractivity contribution in [2.24, 2.45) is 0 Å². The summed E-state index contributed by atoms with van der Waals surface area (Å²) in [6.45, 7) is 2.70. The second-order valence-corrected chi connectivity index (χ2v) is 1.77. The van der Waals surface area contributed by atoms with E-state index in [9.17, 15) is 8.78 Å². The van der Waals surface area contributed by atoms with Gasteiger partial charge in [-0.1, -0.05) is 13.0 Å². The van der Waals surface area contributed by atoms with Gasteiger partial charge in [0.2, 0.25) is 0 Å². The lowest BCUT2D eigenvalue weighted by atomic mass is 10.3. The highest BCUT2D eigenvalue weighted by Crippen LogP contribution is 2.12. The normalized spacial score (nSPS) is 13.0. The summed E-state index contributed by atoms with van der Waals surface area (Å²) in [6, 6.07) is 0. The molecule has 0 aromatic heterocycles. The van der Waals surface area contributed by atoms with Gasteiger partial charge in [-0.25, -0.2) is 8.78 Å². The zero-order valence-corrected chi connectivity index (χ0v) is 5.12. The van der Waals surface area contributed by atoms with Gasteiger partial charge in [-0.15, -0.1) is 0 Å². The van der Waals surface area contributed by atoms with Crippen molar-refractivity contribution < 1.29 is 8.78 Å². The van der Waals surface area contributed by atoms with Crippen LogP contribution in [0.3, 0.4) is 0 Å². The largest absolute Gasteiger partial charge is 0.263 e. The van der Waals surface area contributed by atoms with Crippen molar-refractivity contribution in [2.75, 3.05) is 0 Å². The summed E-state index contributed by atoms with van der Waals surface area (Å²) in [5.41, 5.74) is 0. The second kappa shape index (κ2) is 2.80. The summed E-state index contributed by atoms with van der Waals surface area (Å²) in [5.74, 6) is -2.63. The summed E-state index contributed by atoms with van der Waals surface area (Å²) in [7, 11) is 0. The molecule has 0 heterocycles. The molecule has 0 aliphatic carbocycles. The number of alkyl halides is 2. The van der Waals surface area contributed by atoms with Gasteiger partial charge in [-0.2, -0.15) is 0 Å². The fourth-order valence-electron chi connectivity index (χ4n) is 0.325. The highest BCUT2D eigenvalue weighted by molar-refractivity contribution is 4.90. The molecular weight excluding hydrogens is 110 g/mol. The molecule has 0 radical (unpaired) electrons. The van der Waals surface area contributed by atoms with Crippen LogP contribution < -0.4 is 0 Å². The maximum Gasteiger partial charge on any atom is 0.263 e. The van der Waals surface area contributed by atoms with Crippen molar-refractivity contribution in [3.63, 3.8) is 0 Å². The van der Waals surface area contributed by atoms with E-state index in [1.807, 2.05) is 6.92 Å². The highest BCUT2D eigenvalue weighted by atomic mass is 19.3. The van der Waals surface area contributed by atoms with Crippen LogP contribution in [0.4, 0.5) is 8.78 Å². The molecule has 0 aromatic carbocycles. The van der Waals surface area contributed by atoms with Crippen LogP contribution in [0.15, 0.2) is 12.2 Å². The number of hydrogen-bond donors (Lipinski definition) is 0. The molecule has 0 saturated carbocycles. The molecule has 0 atom stereocenters. The van der Waals surface area contributed by atoms with E-state index in [0.29, 0.717) is 6.42 Å². The minimum Gasteiger partial charge on any atom is -0.202 e. The van der Waals surface area contributed by atoms with Crippen LogP contribution in [0.2, 0.25) is 0 Å². The standard InChI is InChI=1S/C6H10F2/c1-3-4-5-6(2,7)8/h4-5H,3H2,1-2H3. The van der Waals surface area contributed by atoms with Crippen LogP contribution >= 0.6 is 0 Å². The van der Waals surface area contributed by atoms with Crippen LogP contribution in [-0.2, 0) is 0 Å². The van der Waals surface area contributed by atoms with E-state index < -0.39 is 5.92 Å². The first-order valence-corrected chi connectivity index (χ1v) is 2.62. The van der Waals surface area contributed by atoms with E-state index >= 15 is 0 Å². The summed E-state index contributed by atoms with van der Waals surface area (Å²) in [5, 5.41) is 0. The first kappa shape index (κ1) is 7.60. The van der Waals surface area contributed by atoms with E-state index in [0.717, 1.165) is 13.0 Å². The Morgan fingerprint density at radius 1 is 1.50 bits per heavy atom. The SMILES string of the molecule is CCC=CC(C)(F)F. The summed E-state index contributed by atoms with van der Waals surface area (Å²) in [6.07, 6.45) is 3.04. The third kappa shape index (κ3) is 5.60. The molecule has 0 aromatic rings. The zero-order chi connectivity index (χ0) is 6.62. The Hall–Kier alpha value is -0.400. The Morgan fingerprint density at radius 2 is 2.00 bits per heavy atom. The molecule has 0 bridgehead atoms. The van der Waals surface area contributed by atoms with Crippen LogP contribution in [0, 0.1) is 0 Å². The average Bonchev–Trinajstić information content (AvgIpc) is 1.59. The van der Waals surface area contributed by atoms with Crippen LogP contribution in [0.1, 0.15) is 20.3 Å². The van der Waals surface area contributed by atoms with Gasteiger partial charge in [0.05, 0.1) is 0 Å². The van der Waals surface area contributed by atoms with Gasteiger partial charge >= 0.3 is 0 Å². The number of allylic oxidation sites excluding steroid dienone is 2. The molecule has 0 unspecified atom stereocenters. The lowest BCUT2D eigenvalue weighted by Gasteiger charge is -1.99. The first-order chi connectivity index (χ1) is 3.56. The monoisotopic (exact) mass is 120 g/mol. The Balaban J connectivity index is 3.52. The first-order valence-electron chi connectivity index (χ1n) is 2.62. The maximum absolute atomic E-state index is 11.8. The van der Waals surface area contributed by atoms with Crippen molar-refractivity contribution in [3.05, 3.63) is 12.2 Å². The van der Waals surface area contributed by atoms with E-state index in [1.165, 1.54) is 6.08 Å². The summed E-state index contributed by atoms with van der Waals surface area (Å²) < 4.78 is 23.6. The van der Waals surface area contributed by atoms with Gasteiger partial charge < -0.3 is 0 Å². The minimum absolute atomic E-state index is 0.670. The molecule has 0 aliphatic rings. The molecule has 2 heteroatoms. The molecule has 0 fully saturated rings. The van der Waals surface area contributed by atoms with Crippen molar-refractivity contribution in [1.29, 1.82) is 0 Å². The molecule has 0 N–H and O–H groups in total. The highest BCUT2D eigenvalue weighted by Gasteiger charge is 2.13. The van der Waals surface area contributed by atoms with Gasteiger partial charge in [0, 0.05) is 6.92 Å². The smallest absolute Gasteiger partial charge is 0.202 e. The Kier molecular flexibility index (Phi) is 2.66. The molecule has 0 amide bonds. The van der Waals surface area contributed by atoms with Gasteiger partial charge in [0.25, 0.3) is 5.92 Å². The zero-order valence-electron chi connectivity index (χ0n) is 5.12. The predicted molar refractivity (Wildman–Crippen MR) is 30.1 cm³/mol. The molecule has 0 aliphatic heterocycles. The van der Waals surface area contributed by atoms with Gasteiger partial charge in [-0.05, 0) is 12.5 Å². The molecular formula is C6H10F2. The summed E-state index contributed by atoms with van der Waals surface area (Å²) in [4.78, 5) is 0. The van der Waals surface area contributed by atoms with E-state index in [2.05, 4.69) is 0 Å². The molecule has 0 nitrogen and oxygen atoms in total. The fourth-order valence-corrected chi connectivity index (χ4v) is 0.325. The molecule has 8 heavy (non-hydrogen) atoms. The van der Waals surface area contributed by atoms with Crippen LogP contribution in [-0.4, -0.2) is 5.92 Å². The molecule has 48 valence electrons. The van der Waals surface area contributed by atoms with Gasteiger partial charge in [0.1, 0.15) is 0 Å². The quantitative estimate of drug-likeness (QED) is 0.491. The second-order valence-electron chi connectivity index (χ2n) is 1.77. The minimum atomic E-state index is -2.63. The lowest BCUT2D eigenvalue weighted by molar-refractivity contribution is 0.0772. The average molecular weight is 120 g/mol. The Labute approximate surface area is 48.2 Å². The Bertz CT molecular complexity index is 79.0. The third-order valence-corrected chi connectivity index (χ3v) is 0.646. The lowest BCUT2D eigenvalue weighted by Crippen LogP contribution is -2.02. The third-order valence-electron chi connectivity index (χ3n) is 0.646. The topological polar surface area (TPSA) is 0 Å².